The zero-order valence-electron chi connectivity index (χ0n) is 14.8. The van der Waals surface area contributed by atoms with Crippen molar-refractivity contribution < 1.29 is 14.0 Å². The number of nitrogens with one attached hydrogen (secondary N) is 2. The number of nitriles is 1. The van der Waals surface area contributed by atoms with E-state index >= 15 is 0 Å². The fraction of sp³-hybridized carbons (Fsp3) is 0.316. The van der Waals surface area contributed by atoms with E-state index in [0.29, 0.717) is 16.3 Å². The third kappa shape index (κ3) is 4.70. The number of anilines is 2. The van der Waals surface area contributed by atoms with Crippen LogP contribution in [0.5, 0.6) is 0 Å². The van der Waals surface area contributed by atoms with Crippen molar-refractivity contribution in [2.24, 2.45) is 0 Å². The van der Waals surface area contributed by atoms with Crippen LogP contribution in [0.25, 0.3) is 0 Å². The molecule has 1 aliphatic carbocycles. The lowest BCUT2D eigenvalue weighted by Crippen LogP contribution is -2.36. The van der Waals surface area contributed by atoms with Crippen LogP contribution < -0.4 is 10.6 Å². The molecular weight excluding hydrogens is 367 g/mol. The number of hydrogen-bond acceptors (Lipinski definition) is 5. The minimum atomic E-state index is -0.377. The summed E-state index contributed by atoms with van der Waals surface area (Å²) in [4.78, 5) is 27.0. The molecule has 1 aromatic carbocycles. The molecule has 2 aromatic rings. The Kier molecular flexibility index (Phi) is 5.84. The van der Waals surface area contributed by atoms with Crippen molar-refractivity contribution in [2.75, 3.05) is 30.8 Å². The number of halogens is 1. The number of nitrogens with zero attached hydrogens (tertiary/aromatic N) is 2. The van der Waals surface area contributed by atoms with E-state index in [-0.39, 0.29) is 30.7 Å². The highest BCUT2D eigenvalue weighted by atomic mass is 32.1. The highest BCUT2D eigenvalue weighted by Crippen LogP contribution is 2.38. The average molecular weight is 386 g/mol. The molecule has 2 N–H and O–H groups in total. The van der Waals surface area contributed by atoms with Crippen LogP contribution in [0, 0.1) is 17.1 Å². The molecule has 0 saturated carbocycles. The Morgan fingerprint density at radius 1 is 1.19 bits per heavy atom. The van der Waals surface area contributed by atoms with Crippen molar-refractivity contribution >= 4 is 33.8 Å². The lowest BCUT2D eigenvalue weighted by molar-refractivity contribution is -0.119. The topological polar surface area (TPSA) is 85.2 Å². The molecule has 1 heterocycles. The summed E-state index contributed by atoms with van der Waals surface area (Å²) >= 11 is 1.46. The van der Waals surface area contributed by atoms with Crippen LogP contribution in [0.2, 0.25) is 0 Å². The van der Waals surface area contributed by atoms with Gasteiger partial charge in [-0.25, -0.2) is 4.39 Å². The van der Waals surface area contributed by atoms with Crippen molar-refractivity contribution in [1.29, 1.82) is 5.26 Å². The largest absolute Gasteiger partial charge is 0.325 e. The molecule has 0 bridgehead atoms. The van der Waals surface area contributed by atoms with Gasteiger partial charge in [-0.3, -0.25) is 14.5 Å². The van der Waals surface area contributed by atoms with Crippen molar-refractivity contribution in [3.05, 3.63) is 46.1 Å². The molecule has 0 spiro atoms. The van der Waals surface area contributed by atoms with Crippen molar-refractivity contribution in [3.63, 3.8) is 0 Å². The number of carbonyl (C=O) groups is 2. The molecule has 2 amide bonds. The predicted molar refractivity (Wildman–Crippen MR) is 102 cm³/mol. The number of benzene rings is 1. The summed E-state index contributed by atoms with van der Waals surface area (Å²) in [5.41, 5.74) is 2.12. The summed E-state index contributed by atoms with van der Waals surface area (Å²) in [6, 6.07) is 7.66. The van der Waals surface area contributed by atoms with E-state index in [1.54, 1.807) is 11.9 Å². The number of rotatable bonds is 6. The van der Waals surface area contributed by atoms with Gasteiger partial charge in [-0.2, -0.15) is 5.26 Å². The molecule has 3 rings (SSSR count). The molecule has 8 heteroatoms. The fourth-order valence-electron chi connectivity index (χ4n) is 3.06. The number of fused-ring (bicyclic) bond motifs is 1. The molecule has 0 unspecified atom stereocenters. The molecule has 1 aromatic heterocycles. The highest BCUT2D eigenvalue weighted by Gasteiger charge is 2.23. The number of aryl methyl sites for hydroxylation is 1. The third-order valence-corrected chi connectivity index (χ3v) is 5.45. The van der Waals surface area contributed by atoms with Gasteiger partial charge in [-0.15, -0.1) is 11.3 Å². The second-order valence-corrected chi connectivity index (χ2v) is 7.55. The van der Waals surface area contributed by atoms with Crippen LogP contribution in [0.15, 0.2) is 24.3 Å². The van der Waals surface area contributed by atoms with Crippen LogP contribution in [-0.2, 0) is 22.4 Å². The zero-order chi connectivity index (χ0) is 19.4. The van der Waals surface area contributed by atoms with Gasteiger partial charge >= 0.3 is 0 Å². The Bertz CT molecular complexity index is 902. The third-order valence-electron chi connectivity index (χ3n) is 4.24. The van der Waals surface area contributed by atoms with Gasteiger partial charge in [0, 0.05) is 10.6 Å². The van der Waals surface area contributed by atoms with Gasteiger partial charge in [0.25, 0.3) is 0 Å². The molecular formula is C19H19FN4O2S. The second-order valence-electron chi connectivity index (χ2n) is 6.45. The van der Waals surface area contributed by atoms with Crippen LogP contribution in [-0.4, -0.2) is 36.9 Å². The molecule has 140 valence electrons. The predicted octanol–water partition coefficient (Wildman–Crippen LogP) is 2.76. The number of amides is 2. The molecule has 0 saturated heterocycles. The Morgan fingerprint density at radius 2 is 1.85 bits per heavy atom. The zero-order valence-corrected chi connectivity index (χ0v) is 15.7. The summed E-state index contributed by atoms with van der Waals surface area (Å²) in [7, 11) is 1.66. The minimum absolute atomic E-state index is 0.0108. The van der Waals surface area contributed by atoms with Crippen molar-refractivity contribution in [2.45, 2.75) is 19.3 Å². The van der Waals surface area contributed by atoms with E-state index in [1.165, 1.54) is 40.5 Å². The monoisotopic (exact) mass is 386 g/mol. The Labute approximate surface area is 160 Å². The van der Waals surface area contributed by atoms with Crippen molar-refractivity contribution in [3.8, 4) is 6.07 Å². The summed E-state index contributed by atoms with van der Waals surface area (Å²) in [6.45, 7) is 0.0289. The van der Waals surface area contributed by atoms with Gasteiger partial charge in [0.15, 0.2) is 0 Å². The van der Waals surface area contributed by atoms with E-state index in [4.69, 9.17) is 0 Å². The maximum absolute atomic E-state index is 12.9. The van der Waals surface area contributed by atoms with Gasteiger partial charge in [0.05, 0.1) is 18.7 Å². The first kappa shape index (κ1) is 19.0. The van der Waals surface area contributed by atoms with Crippen LogP contribution in [0.4, 0.5) is 15.1 Å². The van der Waals surface area contributed by atoms with Crippen molar-refractivity contribution in [1.82, 2.24) is 4.90 Å². The maximum Gasteiger partial charge on any atom is 0.239 e. The van der Waals surface area contributed by atoms with Gasteiger partial charge < -0.3 is 10.6 Å². The first-order chi connectivity index (χ1) is 13.0. The molecule has 1 aliphatic rings. The number of carbonyl (C=O) groups excluding carboxylic acids is 2. The fourth-order valence-corrected chi connectivity index (χ4v) is 4.31. The summed E-state index contributed by atoms with van der Waals surface area (Å²) < 4.78 is 12.9. The van der Waals surface area contributed by atoms with Gasteiger partial charge in [-0.05, 0) is 56.1 Å². The smallest absolute Gasteiger partial charge is 0.239 e. The molecule has 6 nitrogen and oxygen atoms in total. The second kappa shape index (κ2) is 8.29. The van der Waals surface area contributed by atoms with E-state index < -0.39 is 0 Å². The summed E-state index contributed by atoms with van der Waals surface area (Å²) in [6.07, 6.45) is 2.89. The lowest BCUT2D eigenvalue weighted by atomic mass is 10.1. The summed E-state index contributed by atoms with van der Waals surface area (Å²) in [5, 5.41) is 15.4. The molecule has 0 aliphatic heterocycles. The average Bonchev–Trinajstić information content (AvgIpc) is 3.17. The Balaban J connectivity index is 1.51. The standard InChI is InChI=1S/C19H19FN4O2S/c1-24(10-17(25)22-13-7-5-12(20)6-8-13)11-18(26)23-19-15(9-21)14-3-2-4-16(14)27-19/h5-8H,2-4,10-11H2,1H3,(H,22,25)(H,23,26). The number of likely N-dealkylation sites (N-methyl/N-ethyl adjacent to an activating group) is 1. The van der Waals surface area contributed by atoms with Crippen LogP contribution in [0.3, 0.4) is 0 Å². The molecule has 0 fully saturated rings. The SMILES string of the molecule is CN(CC(=O)Nc1ccc(F)cc1)CC(=O)Nc1sc2c(c1C#N)CCC2. The van der Waals surface area contributed by atoms with E-state index in [1.807, 2.05) is 0 Å². The van der Waals surface area contributed by atoms with Crippen LogP contribution in [0.1, 0.15) is 22.4 Å². The van der Waals surface area contributed by atoms with Gasteiger partial charge in [-0.1, -0.05) is 0 Å². The quantitative estimate of drug-likeness (QED) is 0.799. The normalized spacial score (nSPS) is 12.5. The van der Waals surface area contributed by atoms with Crippen LogP contribution >= 0.6 is 11.3 Å². The number of hydrogen-bond donors (Lipinski definition) is 2. The molecule has 0 atom stereocenters. The van der Waals surface area contributed by atoms with Gasteiger partial charge in [0.1, 0.15) is 16.9 Å². The molecule has 0 radical (unpaired) electrons. The van der Waals surface area contributed by atoms with E-state index in [9.17, 15) is 19.2 Å². The first-order valence-corrected chi connectivity index (χ1v) is 9.36. The lowest BCUT2D eigenvalue weighted by Gasteiger charge is -2.16. The number of thiophene rings is 1. The first-order valence-electron chi connectivity index (χ1n) is 8.54. The van der Waals surface area contributed by atoms with Gasteiger partial charge in [0.2, 0.25) is 11.8 Å². The van der Waals surface area contributed by atoms with E-state index in [2.05, 4.69) is 16.7 Å². The summed E-state index contributed by atoms with van der Waals surface area (Å²) in [5.74, 6) is -0.952. The van der Waals surface area contributed by atoms with E-state index in [0.717, 1.165) is 24.8 Å². The minimum Gasteiger partial charge on any atom is -0.325 e. The maximum atomic E-state index is 12.9. The highest BCUT2D eigenvalue weighted by molar-refractivity contribution is 7.16. The Hall–Kier alpha value is -2.76. The molecule has 27 heavy (non-hydrogen) atoms. The Morgan fingerprint density at radius 3 is 2.52 bits per heavy atom.